The van der Waals surface area contributed by atoms with Gasteiger partial charge in [-0.25, -0.2) is 0 Å². The Morgan fingerprint density at radius 3 is 2.68 bits per heavy atom. The van der Waals surface area contributed by atoms with E-state index in [1.807, 2.05) is 18.2 Å². The first-order valence-corrected chi connectivity index (χ1v) is 10.4. The number of fused-ring (bicyclic) bond motifs is 1. The molecule has 1 aromatic heterocycles. The average molecular weight is 416 g/mol. The second kappa shape index (κ2) is 8.60. The van der Waals surface area contributed by atoms with Gasteiger partial charge in [0.05, 0.1) is 5.56 Å². The molecule has 0 atom stereocenters. The van der Waals surface area contributed by atoms with Crippen LogP contribution in [0.15, 0.2) is 42.7 Å². The maximum atomic E-state index is 12.9. The molecular weight excluding hydrogens is 392 g/mol. The van der Waals surface area contributed by atoms with Gasteiger partial charge in [-0.2, -0.15) is 0 Å². The van der Waals surface area contributed by atoms with Crippen LogP contribution in [0.5, 0.6) is 0 Å². The maximum absolute atomic E-state index is 12.9. The molecule has 3 amide bonds. The molecule has 0 radical (unpaired) electrons. The van der Waals surface area contributed by atoms with Gasteiger partial charge in [-0.05, 0) is 30.5 Å². The summed E-state index contributed by atoms with van der Waals surface area (Å²) in [6.07, 6.45) is 7.46. The maximum Gasteiger partial charge on any atom is 0.254 e. The Kier molecular flexibility index (Phi) is 5.72. The molecule has 0 unspecified atom stereocenters. The zero-order valence-corrected chi connectivity index (χ0v) is 17.2. The third kappa shape index (κ3) is 4.58. The summed E-state index contributed by atoms with van der Waals surface area (Å²) >= 11 is 0. The number of carbonyl (C=O) groups excluding carboxylic acids is 3. The van der Waals surface area contributed by atoms with Crippen molar-refractivity contribution in [3.05, 3.63) is 65.0 Å². The van der Waals surface area contributed by atoms with E-state index in [9.17, 15) is 14.4 Å². The molecule has 1 aromatic carbocycles. The Bertz CT molecular complexity index is 1090. The number of amides is 3. The fourth-order valence-electron chi connectivity index (χ4n) is 4.19. The van der Waals surface area contributed by atoms with Crippen molar-refractivity contribution < 1.29 is 14.4 Å². The average Bonchev–Trinajstić information content (AvgIpc) is 3.08. The molecule has 7 heteroatoms. The lowest BCUT2D eigenvalue weighted by atomic mass is 9.82. The van der Waals surface area contributed by atoms with E-state index >= 15 is 0 Å². The first-order valence-electron chi connectivity index (χ1n) is 10.4. The van der Waals surface area contributed by atoms with Gasteiger partial charge in [0.1, 0.15) is 12.1 Å². The number of pyridine rings is 1. The van der Waals surface area contributed by atoms with E-state index in [-0.39, 0.29) is 18.4 Å². The van der Waals surface area contributed by atoms with Gasteiger partial charge in [-0.3, -0.25) is 19.4 Å². The van der Waals surface area contributed by atoms with Crippen molar-refractivity contribution in [3.8, 4) is 11.8 Å². The summed E-state index contributed by atoms with van der Waals surface area (Å²) in [6, 6.07) is 9.02. The Hall–Kier alpha value is -3.66. The molecule has 0 saturated heterocycles. The number of nitrogens with two attached hydrogens (primary N) is 1. The van der Waals surface area contributed by atoms with Crippen LogP contribution in [0, 0.1) is 11.8 Å². The zero-order chi connectivity index (χ0) is 21.8. The molecule has 1 fully saturated rings. The smallest absolute Gasteiger partial charge is 0.254 e. The highest BCUT2D eigenvalue weighted by Crippen LogP contribution is 2.28. The SMILES string of the molecule is NC(=O)c1cncc(C#CC2(NC(=O)CN3Cc4ccccc4C3=O)CCCCC2)c1. The normalized spacial score (nSPS) is 16.8. The molecule has 7 nitrogen and oxygen atoms in total. The van der Waals surface area contributed by atoms with E-state index in [0.717, 1.165) is 37.7 Å². The largest absolute Gasteiger partial charge is 0.366 e. The third-order valence-electron chi connectivity index (χ3n) is 5.79. The molecule has 2 aliphatic rings. The van der Waals surface area contributed by atoms with Crippen molar-refractivity contribution in [3.63, 3.8) is 0 Å². The highest BCUT2D eigenvalue weighted by molar-refractivity contribution is 6.00. The lowest BCUT2D eigenvalue weighted by molar-refractivity contribution is -0.123. The standard InChI is InChI=1S/C24H24N4O3/c25-22(30)19-12-17(13-26-14-19)8-11-24(9-4-1-5-10-24)27-21(29)16-28-15-18-6-2-3-7-20(18)23(28)31/h2-3,6-7,12-14H,1,4-5,9-10,15-16H2,(H2,25,30)(H,27,29). The molecule has 1 saturated carbocycles. The minimum absolute atomic E-state index is 0.00431. The van der Waals surface area contributed by atoms with Gasteiger partial charge in [0.2, 0.25) is 11.8 Å². The summed E-state index contributed by atoms with van der Waals surface area (Å²) in [5.74, 6) is 5.38. The number of rotatable bonds is 4. The highest BCUT2D eigenvalue weighted by Gasteiger charge is 2.34. The van der Waals surface area contributed by atoms with Crippen molar-refractivity contribution in [1.82, 2.24) is 15.2 Å². The fourth-order valence-corrected chi connectivity index (χ4v) is 4.19. The Balaban J connectivity index is 1.49. The molecule has 4 rings (SSSR count). The van der Waals surface area contributed by atoms with Gasteiger partial charge in [0, 0.05) is 30.1 Å². The first kappa shape index (κ1) is 20.6. The first-order chi connectivity index (χ1) is 15.0. The minimum atomic E-state index is -0.659. The van der Waals surface area contributed by atoms with Crippen LogP contribution in [0.4, 0.5) is 0 Å². The Morgan fingerprint density at radius 2 is 1.94 bits per heavy atom. The summed E-state index contributed by atoms with van der Waals surface area (Å²) in [5, 5.41) is 3.10. The number of benzene rings is 1. The molecule has 2 heterocycles. The molecule has 0 bridgehead atoms. The van der Waals surface area contributed by atoms with Crippen molar-refractivity contribution >= 4 is 17.7 Å². The van der Waals surface area contributed by atoms with Crippen LogP contribution in [0.25, 0.3) is 0 Å². The van der Waals surface area contributed by atoms with E-state index in [4.69, 9.17) is 5.73 Å². The number of primary amides is 1. The van der Waals surface area contributed by atoms with E-state index < -0.39 is 11.4 Å². The van der Waals surface area contributed by atoms with E-state index in [2.05, 4.69) is 22.1 Å². The molecule has 3 N–H and O–H groups in total. The summed E-state index contributed by atoms with van der Waals surface area (Å²) in [7, 11) is 0. The van der Waals surface area contributed by atoms with Crippen molar-refractivity contribution in [2.24, 2.45) is 5.73 Å². The summed E-state index contributed by atoms with van der Waals surface area (Å²) < 4.78 is 0. The molecule has 0 spiro atoms. The summed E-state index contributed by atoms with van der Waals surface area (Å²) in [6.45, 7) is 0.433. The van der Waals surface area contributed by atoms with Gasteiger partial charge < -0.3 is 16.0 Å². The second-order valence-corrected chi connectivity index (χ2v) is 8.09. The van der Waals surface area contributed by atoms with Gasteiger partial charge in [0.15, 0.2) is 0 Å². The lowest BCUT2D eigenvalue weighted by Gasteiger charge is -2.34. The van der Waals surface area contributed by atoms with E-state index in [0.29, 0.717) is 23.2 Å². The predicted molar refractivity (Wildman–Crippen MR) is 115 cm³/mol. The minimum Gasteiger partial charge on any atom is -0.366 e. The quantitative estimate of drug-likeness (QED) is 0.744. The van der Waals surface area contributed by atoms with E-state index in [1.165, 1.54) is 6.20 Å². The number of carbonyl (C=O) groups is 3. The predicted octanol–water partition coefficient (Wildman–Crippen LogP) is 2.01. The molecule has 1 aliphatic heterocycles. The van der Waals surface area contributed by atoms with Crippen LogP contribution >= 0.6 is 0 Å². The zero-order valence-electron chi connectivity index (χ0n) is 17.2. The fraction of sp³-hybridized carbons (Fsp3) is 0.333. The number of hydrogen-bond acceptors (Lipinski definition) is 4. The van der Waals surface area contributed by atoms with Crippen LogP contribution < -0.4 is 11.1 Å². The monoisotopic (exact) mass is 416 g/mol. The van der Waals surface area contributed by atoms with Gasteiger partial charge in [-0.15, -0.1) is 0 Å². The van der Waals surface area contributed by atoms with Crippen molar-refractivity contribution in [1.29, 1.82) is 0 Å². The summed E-state index contributed by atoms with van der Waals surface area (Å²) in [4.78, 5) is 42.4. The van der Waals surface area contributed by atoms with Crippen LogP contribution in [-0.4, -0.2) is 39.7 Å². The lowest BCUT2D eigenvalue weighted by Crippen LogP contribution is -2.51. The van der Waals surface area contributed by atoms with Crippen LogP contribution in [-0.2, 0) is 11.3 Å². The van der Waals surface area contributed by atoms with Crippen LogP contribution in [0.3, 0.4) is 0 Å². The Morgan fingerprint density at radius 1 is 1.16 bits per heavy atom. The number of nitrogens with zero attached hydrogens (tertiary/aromatic N) is 2. The van der Waals surface area contributed by atoms with Gasteiger partial charge in [-0.1, -0.05) is 49.3 Å². The summed E-state index contributed by atoms with van der Waals surface area (Å²) in [5.41, 5.74) is 7.12. The topological polar surface area (TPSA) is 105 Å². The van der Waals surface area contributed by atoms with Gasteiger partial charge in [0.25, 0.3) is 5.91 Å². The molecule has 158 valence electrons. The van der Waals surface area contributed by atoms with Crippen molar-refractivity contribution in [2.45, 2.75) is 44.2 Å². The number of hydrogen-bond donors (Lipinski definition) is 2. The van der Waals surface area contributed by atoms with E-state index in [1.54, 1.807) is 23.2 Å². The number of aromatic nitrogens is 1. The molecule has 1 aliphatic carbocycles. The number of nitrogens with one attached hydrogen (secondary N) is 1. The second-order valence-electron chi connectivity index (χ2n) is 8.09. The molecule has 2 aromatic rings. The van der Waals surface area contributed by atoms with Crippen LogP contribution in [0.1, 0.15) is 63.9 Å². The van der Waals surface area contributed by atoms with Crippen LogP contribution in [0.2, 0.25) is 0 Å². The molecular formula is C24H24N4O3. The van der Waals surface area contributed by atoms with Gasteiger partial charge >= 0.3 is 0 Å². The Labute approximate surface area is 181 Å². The molecule has 31 heavy (non-hydrogen) atoms. The highest BCUT2D eigenvalue weighted by atomic mass is 16.2. The van der Waals surface area contributed by atoms with Crippen molar-refractivity contribution in [2.75, 3.05) is 6.54 Å². The third-order valence-corrected chi connectivity index (χ3v) is 5.79.